The lowest BCUT2D eigenvalue weighted by molar-refractivity contribution is -0.111. The third-order valence-corrected chi connectivity index (χ3v) is 3.41. The fraction of sp³-hybridized carbons (Fsp3) is 0.357. The fourth-order valence-electron chi connectivity index (χ4n) is 2.22. The number of aromatic carboxylic acids is 1. The predicted octanol–water partition coefficient (Wildman–Crippen LogP) is 1.68. The van der Waals surface area contributed by atoms with E-state index in [0.717, 1.165) is 31.0 Å². The molecule has 0 unspecified atom stereocenters. The Morgan fingerprint density at radius 1 is 1.40 bits per heavy atom. The summed E-state index contributed by atoms with van der Waals surface area (Å²) in [4.78, 5) is 10.8. The average Bonchev–Trinajstić information content (AvgIpc) is 2.85. The molecule has 0 atom stereocenters. The highest BCUT2D eigenvalue weighted by atomic mass is 16.5. The third kappa shape index (κ3) is 2.42. The van der Waals surface area contributed by atoms with Crippen molar-refractivity contribution >= 4 is 5.97 Å². The predicted molar refractivity (Wildman–Crippen MR) is 71.3 cm³/mol. The van der Waals surface area contributed by atoms with Gasteiger partial charge in [0.2, 0.25) is 0 Å². The standard InChI is InChI=1S/C14H15N3O3/c1-14(8-20-9-14)7-17-6-12(15-16-17)10-2-4-11(5-3-10)13(18)19/h2-6H,7-9H2,1H3,(H,18,19). The van der Waals surface area contributed by atoms with Gasteiger partial charge in [-0.3, -0.25) is 4.68 Å². The molecular weight excluding hydrogens is 258 g/mol. The van der Waals surface area contributed by atoms with Gasteiger partial charge in [-0.05, 0) is 12.1 Å². The molecule has 0 saturated carbocycles. The number of hydrogen-bond acceptors (Lipinski definition) is 4. The Morgan fingerprint density at radius 2 is 2.10 bits per heavy atom. The van der Waals surface area contributed by atoms with E-state index in [2.05, 4.69) is 17.2 Å². The maximum absolute atomic E-state index is 10.8. The molecule has 3 rings (SSSR count). The molecule has 1 N–H and O–H groups in total. The van der Waals surface area contributed by atoms with E-state index in [1.54, 1.807) is 24.3 Å². The highest BCUT2D eigenvalue weighted by Crippen LogP contribution is 2.28. The molecule has 0 spiro atoms. The number of rotatable bonds is 4. The Kier molecular flexibility index (Phi) is 3.02. The van der Waals surface area contributed by atoms with E-state index in [4.69, 9.17) is 9.84 Å². The van der Waals surface area contributed by atoms with E-state index in [-0.39, 0.29) is 11.0 Å². The molecule has 1 fully saturated rings. The molecule has 1 aromatic heterocycles. The van der Waals surface area contributed by atoms with Gasteiger partial charge in [0, 0.05) is 11.0 Å². The Hall–Kier alpha value is -2.21. The monoisotopic (exact) mass is 273 g/mol. The van der Waals surface area contributed by atoms with E-state index in [9.17, 15) is 4.79 Å². The lowest BCUT2D eigenvalue weighted by Crippen LogP contribution is -2.43. The van der Waals surface area contributed by atoms with Crippen molar-refractivity contribution in [3.8, 4) is 11.3 Å². The Morgan fingerprint density at radius 3 is 2.65 bits per heavy atom. The molecule has 6 nitrogen and oxygen atoms in total. The summed E-state index contributed by atoms with van der Waals surface area (Å²) in [5.41, 5.74) is 2.00. The van der Waals surface area contributed by atoms with Crippen molar-refractivity contribution in [2.75, 3.05) is 13.2 Å². The van der Waals surface area contributed by atoms with Crippen LogP contribution in [0.5, 0.6) is 0 Å². The highest BCUT2D eigenvalue weighted by Gasteiger charge is 2.34. The Bertz CT molecular complexity index is 629. The molecule has 20 heavy (non-hydrogen) atoms. The van der Waals surface area contributed by atoms with Gasteiger partial charge in [0.1, 0.15) is 5.69 Å². The first-order valence-electron chi connectivity index (χ1n) is 6.37. The van der Waals surface area contributed by atoms with Crippen molar-refractivity contribution in [2.45, 2.75) is 13.5 Å². The van der Waals surface area contributed by atoms with Gasteiger partial charge in [-0.15, -0.1) is 5.10 Å². The normalized spacial score (nSPS) is 16.6. The SMILES string of the molecule is CC1(Cn2cc(-c3ccc(C(=O)O)cc3)nn2)COC1. The van der Waals surface area contributed by atoms with Gasteiger partial charge in [-0.1, -0.05) is 24.3 Å². The second-order valence-corrected chi connectivity index (χ2v) is 5.49. The van der Waals surface area contributed by atoms with E-state index in [1.165, 1.54) is 0 Å². The van der Waals surface area contributed by atoms with Crippen LogP contribution in [0.1, 0.15) is 17.3 Å². The summed E-state index contributed by atoms with van der Waals surface area (Å²) in [6, 6.07) is 6.62. The first-order valence-corrected chi connectivity index (χ1v) is 6.37. The maximum Gasteiger partial charge on any atom is 0.335 e. The van der Waals surface area contributed by atoms with Crippen LogP contribution in [0.4, 0.5) is 0 Å². The van der Waals surface area contributed by atoms with Gasteiger partial charge in [0.15, 0.2) is 0 Å². The molecule has 104 valence electrons. The average molecular weight is 273 g/mol. The largest absolute Gasteiger partial charge is 0.478 e. The van der Waals surface area contributed by atoms with Crippen molar-refractivity contribution in [1.82, 2.24) is 15.0 Å². The minimum Gasteiger partial charge on any atom is -0.478 e. The van der Waals surface area contributed by atoms with Gasteiger partial charge in [0.25, 0.3) is 0 Å². The van der Waals surface area contributed by atoms with Crippen molar-refractivity contribution < 1.29 is 14.6 Å². The van der Waals surface area contributed by atoms with Crippen LogP contribution in [0.2, 0.25) is 0 Å². The van der Waals surface area contributed by atoms with Crippen molar-refractivity contribution in [3.63, 3.8) is 0 Å². The topological polar surface area (TPSA) is 77.2 Å². The van der Waals surface area contributed by atoms with Crippen LogP contribution in [-0.2, 0) is 11.3 Å². The first-order chi connectivity index (χ1) is 9.56. The first kappa shape index (κ1) is 12.8. The van der Waals surface area contributed by atoms with Gasteiger partial charge >= 0.3 is 5.97 Å². The molecule has 2 aromatic rings. The molecule has 1 aliphatic heterocycles. The maximum atomic E-state index is 10.8. The molecule has 1 aliphatic rings. The Labute approximate surface area is 116 Å². The van der Waals surface area contributed by atoms with Gasteiger partial charge < -0.3 is 9.84 Å². The number of carbonyl (C=O) groups is 1. The van der Waals surface area contributed by atoms with Crippen molar-refractivity contribution in [1.29, 1.82) is 0 Å². The summed E-state index contributed by atoms with van der Waals surface area (Å²) >= 11 is 0. The lowest BCUT2D eigenvalue weighted by Gasteiger charge is -2.37. The summed E-state index contributed by atoms with van der Waals surface area (Å²) in [6.45, 7) is 4.41. The fourth-order valence-corrected chi connectivity index (χ4v) is 2.22. The summed E-state index contributed by atoms with van der Waals surface area (Å²) in [6.07, 6.45) is 1.87. The molecule has 2 heterocycles. The van der Waals surface area contributed by atoms with Crippen LogP contribution in [0, 0.1) is 5.41 Å². The van der Waals surface area contributed by atoms with Crippen LogP contribution in [0.15, 0.2) is 30.5 Å². The molecule has 1 saturated heterocycles. The quantitative estimate of drug-likeness (QED) is 0.917. The Balaban J connectivity index is 1.77. The zero-order valence-corrected chi connectivity index (χ0v) is 11.1. The van der Waals surface area contributed by atoms with Gasteiger partial charge in [-0.25, -0.2) is 4.79 Å². The summed E-state index contributed by atoms with van der Waals surface area (Å²) in [5.74, 6) is -0.932. The molecular formula is C14H15N3O3. The van der Waals surface area contributed by atoms with Crippen LogP contribution >= 0.6 is 0 Å². The van der Waals surface area contributed by atoms with E-state index in [1.807, 2.05) is 10.9 Å². The second kappa shape index (κ2) is 4.72. The zero-order valence-electron chi connectivity index (χ0n) is 11.1. The molecule has 1 aromatic carbocycles. The van der Waals surface area contributed by atoms with E-state index < -0.39 is 5.97 Å². The number of ether oxygens (including phenoxy) is 1. The number of hydrogen-bond donors (Lipinski definition) is 1. The number of nitrogens with zero attached hydrogens (tertiary/aromatic N) is 3. The van der Waals surface area contributed by atoms with Crippen molar-refractivity contribution in [2.24, 2.45) is 5.41 Å². The second-order valence-electron chi connectivity index (χ2n) is 5.49. The molecule has 6 heteroatoms. The van der Waals surface area contributed by atoms with Gasteiger partial charge in [-0.2, -0.15) is 0 Å². The molecule has 0 bridgehead atoms. The minimum absolute atomic E-state index is 0.137. The van der Waals surface area contributed by atoms with E-state index in [0.29, 0.717) is 0 Å². The number of carboxylic acid groups (broad SMARTS) is 1. The summed E-state index contributed by atoms with van der Waals surface area (Å²) in [7, 11) is 0. The molecule has 0 radical (unpaired) electrons. The zero-order chi connectivity index (χ0) is 14.2. The number of benzene rings is 1. The smallest absolute Gasteiger partial charge is 0.335 e. The molecule has 0 aliphatic carbocycles. The van der Waals surface area contributed by atoms with Crippen molar-refractivity contribution in [3.05, 3.63) is 36.0 Å². The summed E-state index contributed by atoms with van der Waals surface area (Å²) < 4.78 is 7.03. The number of carboxylic acids is 1. The lowest BCUT2D eigenvalue weighted by atomic mass is 9.89. The highest BCUT2D eigenvalue weighted by molar-refractivity contribution is 5.88. The van der Waals surface area contributed by atoms with E-state index >= 15 is 0 Å². The van der Waals surface area contributed by atoms with Crippen LogP contribution < -0.4 is 0 Å². The number of aromatic nitrogens is 3. The van der Waals surface area contributed by atoms with Crippen LogP contribution in [0.3, 0.4) is 0 Å². The van der Waals surface area contributed by atoms with Gasteiger partial charge in [0.05, 0.1) is 31.5 Å². The van der Waals surface area contributed by atoms with Crippen LogP contribution in [-0.4, -0.2) is 39.3 Å². The third-order valence-electron chi connectivity index (χ3n) is 3.41. The molecule has 0 amide bonds. The minimum atomic E-state index is -0.932. The van der Waals surface area contributed by atoms with Crippen LogP contribution in [0.25, 0.3) is 11.3 Å². The summed E-state index contributed by atoms with van der Waals surface area (Å²) in [5, 5.41) is 17.1.